The van der Waals surface area contributed by atoms with Crippen LogP contribution in [0.5, 0.6) is 0 Å². The van der Waals surface area contributed by atoms with E-state index in [1.54, 1.807) is 6.20 Å². The summed E-state index contributed by atoms with van der Waals surface area (Å²) in [4.78, 5) is 28.2. The Bertz CT molecular complexity index is 741. The molecule has 1 N–H and O–H groups in total. The fraction of sp³-hybridized carbons (Fsp3) is 0.267. The molecule has 2 rings (SSSR count). The van der Waals surface area contributed by atoms with E-state index in [9.17, 15) is 9.59 Å². The zero-order valence-electron chi connectivity index (χ0n) is 11.6. The molecule has 2 aromatic rings. The number of carbonyl (C=O) groups is 1. The van der Waals surface area contributed by atoms with Gasteiger partial charge in [0.2, 0.25) is 12.2 Å². The summed E-state index contributed by atoms with van der Waals surface area (Å²) in [5, 5.41) is 9.63. The van der Waals surface area contributed by atoms with E-state index >= 15 is 0 Å². The Kier molecular flexibility index (Phi) is 5.30. The van der Waals surface area contributed by atoms with Crippen LogP contribution in [0.15, 0.2) is 35.5 Å². The monoisotopic (exact) mass is 299 g/mol. The molecule has 1 aromatic heterocycles. The molecule has 0 aliphatic rings. The van der Waals surface area contributed by atoms with Crippen molar-refractivity contribution >= 4 is 23.0 Å². The van der Waals surface area contributed by atoms with Crippen molar-refractivity contribution in [3.05, 3.63) is 36.0 Å². The van der Waals surface area contributed by atoms with Gasteiger partial charge >= 0.3 is 5.97 Å². The average Bonchev–Trinajstić information content (AvgIpc) is 2.94. The lowest BCUT2D eigenvalue weighted by atomic mass is 10.1. The molecule has 22 heavy (non-hydrogen) atoms. The molecule has 0 saturated carbocycles. The zero-order valence-corrected chi connectivity index (χ0v) is 11.6. The van der Waals surface area contributed by atoms with Gasteiger partial charge in [0.25, 0.3) is 6.26 Å². The summed E-state index contributed by atoms with van der Waals surface area (Å²) < 4.78 is 9.71. The largest absolute Gasteiger partial charge is 0.461 e. The number of esters is 1. The van der Waals surface area contributed by atoms with E-state index < -0.39 is 12.1 Å². The molecule has 0 bridgehead atoms. The minimum Gasteiger partial charge on any atom is -0.461 e. The van der Waals surface area contributed by atoms with E-state index in [-0.39, 0.29) is 19.6 Å². The van der Waals surface area contributed by atoms with Crippen LogP contribution in [0.4, 0.5) is 0 Å². The first-order valence-corrected chi connectivity index (χ1v) is 6.56. The van der Waals surface area contributed by atoms with Crippen LogP contribution in [0.1, 0.15) is 5.56 Å². The Hall–Kier alpha value is -3.10. The van der Waals surface area contributed by atoms with Crippen molar-refractivity contribution in [1.82, 2.24) is 4.98 Å². The average molecular weight is 299 g/mol. The highest BCUT2D eigenvalue weighted by atomic mass is 16.6. The van der Waals surface area contributed by atoms with Gasteiger partial charge in [0.05, 0.1) is 6.54 Å². The second-order valence-electron chi connectivity index (χ2n) is 4.40. The molecule has 112 valence electrons. The predicted molar refractivity (Wildman–Crippen MR) is 76.4 cm³/mol. The van der Waals surface area contributed by atoms with Crippen molar-refractivity contribution in [2.24, 2.45) is 4.99 Å². The van der Waals surface area contributed by atoms with Crippen molar-refractivity contribution < 1.29 is 19.1 Å². The van der Waals surface area contributed by atoms with Crippen molar-refractivity contribution in [2.75, 3.05) is 13.2 Å². The Morgan fingerprint density at radius 1 is 1.41 bits per heavy atom. The summed E-state index contributed by atoms with van der Waals surface area (Å²) in [5.41, 5.74) is 1.78. The van der Waals surface area contributed by atoms with Crippen LogP contribution in [-0.2, 0) is 25.5 Å². The number of benzene rings is 1. The van der Waals surface area contributed by atoms with Gasteiger partial charge in [-0.3, -0.25) is 0 Å². The fourth-order valence-electron chi connectivity index (χ4n) is 2.07. The van der Waals surface area contributed by atoms with E-state index in [1.165, 1.54) is 12.3 Å². The molecule has 0 fully saturated rings. The number of rotatable bonds is 7. The minimum atomic E-state index is -1.04. The predicted octanol–water partition coefficient (Wildman–Crippen LogP) is 1.46. The molecular formula is C15H13N3O4. The number of nitrogens with zero attached hydrogens (tertiary/aromatic N) is 2. The number of aliphatic imine (C=N–C) groups is 1. The van der Waals surface area contributed by atoms with Gasteiger partial charge in [-0.1, -0.05) is 18.2 Å². The Balaban J connectivity index is 2.06. The number of nitriles is 1. The first-order valence-electron chi connectivity index (χ1n) is 6.56. The van der Waals surface area contributed by atoms with Crippen molar-refractivity contribution in [2.45, 2.75) is 12.5 Å². The number of carbonyl (C=O) groups excluding carboxylic acids is 2. The summed E-state index contributed by atoms with van der Waals surface area (Å²) in [7, 11) is 0. The SMILES string of the molecule is N#COC(Cc1c[nH]c2ccccc12)C(=O)OCCN=C=O. The molecule has 0 saturated heterocycles. The normalized spacial score (nSPS) is 11.2. The third-order valence-corrected chi connectivity index (χ3v) is 3.05. The summed E-state index contributed by atoms with van der Waals surface area (Å²) in [6.45, 7) is -0.0329. The molecule has 1 unspecified atom stereocenters. The van der Waals surface area contributed by atoms with Gasteiger partial charge < -0.3 is 14.5 Å². The highest BCUT2D eigenvalue weighted by Gasteiger charge is 2.23. The van der Waals surface area contributed by atoms with Gasteiger partial charge in [-0.15, -0.1) is 0 Å². The lowest BCUT2D eigenvalue weighted by Gasteiger charge is -2.12. The Labute approximate surface area is 126 Å². The number of hydrogen-bond acceptors (Lipinski definition) is 6. The van der Waals surface area contributed by atoms with Gasteiger partial charge in [0, 0.05) is 23.5 Å². The third-order valence-electron chi connectivity index (χ3n) is 3.05. The first-order chi connectivity index (χ1) is 10.8. The number of nitrogens with one attached hydrogen (secondary N) is 1. The number of ether oxygens (including phenoxy) is 2. The van der Waals surface area contributed by atoms with Crippen LogP contribution in [0.2, 0.25) is 0 Å². The second kappa shape index (κ2) is 7.62. The number of H-pyrrole nitrogens is 1. The summed E-state index contributed by atoms with van der Waals surface area (Å²) in [6.07, 6.45) is 3.79. The lowest BCUT2D eigenvalue weighted by Crippen LogP contribution is -2.28. The number of hydrogen-bond donors (Lipinski definition) is 1. The first kappa shape index (κ1) is 15.3. The molecule has 0 spiro atoms. The summed E-state index contributed by atoms with van der Waals surface area (Å²) >= 11 is 0. The van der Waals surface area contributed by atoms with Gasteiger partial charge in [-0.25, -0.2) is 14.6 Å². The second-order valence-corrected chi connectivity index (χ2v) is 4.40. The van der Waals surface area contributed by atoms with E-state index in [0.717, 1.165) is 16.5 Å². The van der Waals surface area contributed by atoms with Crippen molar-refractivity contribution in [3.63, 3.8) is 0 Å². The zero-order chi connectivity index (χ0) is 15.8. The van der Waals surface area contributed by atoms with E-state index in [2.05, 4.69) is 9.98 Å². The summed E-state index contributed by atoms with van der Waals surface area (Å²) in [5.74, 6) is -0.673. The maximum absolute atomic E-state index is 11.9. The van der Waals surface area contributed by atoms with Crippen LogP contribution < -0.4 is 0 Å². The molecule has 0 aliphatic heterocycles. The Morgan fingerprint density at radius 2 is 2.23 bits per heavy atom. The summed E-state index contributed by atoms with van der Waals surface area (Å²) in [6, 6.07) is 7.60. The molecule has 1 heterocycles. The molecule has 0 radical (unpaired) electrons. The lowest BCUT2D eigenvalue weighted by molar-refractivity contribution is -0.152. The van der Waals surface area contributed by atoms with Crippen LogP contribution in [0.25, 0.3) is 10.9 Å². The number of isocyanates is 1. The molecule has 1 aromatic carbocycles. The number of aromatic nitrogens is 1. The quantitative estimate of drug-likeness (QED) is 0.274. The number of aromatic amines is 1. The number of fused-ring (bicyclic) bond motifs is 1. The Morgan fingerprint density at radius 3 is 3.00 bits per heavy atom. The third kappa shape index (κ3) is 3.72. The highest BCUT2D eigenvalue weighted by molar-refractivity contribution is 5.84. The van der Waals surface area contributed by atoms with E-state index in [4.69, 9.17) is 14.7 Å². The molecule has 0 amide bonds. The standard InChI is InChI=1S/C15H13N3O4/c16-9-22-14(15(20)21-6-5-17-10-19)7-11-8-18-13-4-2-1-3-12(11)13/h1-4,8,14,18H,5-7H2. The maximum Gasteiger partial charge on any atom is 0.348 e. The van der Waals surface area contributed by atoms with Gasteiger partial charge in [-0.05, 0) is 11.6 Å². The molecular weight excluding hydrogens is 286 g/mol. The topological polar surface area (TPSA) is 105 Å². The smallest absolute Gasteiger partial charge is 0.348 e. The van der Waals surface area contributed by atoms with Gasteiger partial charge in [0.15, 0.2) is 0 Å². The minimum absolute atomic E-state index is 0.0294. The molecule has 7 heteroatoms. The highest BCUT2D eigenvalue weighted by Crippen LogP contribution is 2.20. The van der Waals surface area contributed by atoms with Crippen LogP contribution in [-0.4, -0.2) is 36.3 Å². The van der Waals surface area contributed by atoms with Crippen LogP contribution in [0, 0.1) is 11.5 Å². The van der Waals surface area contributed by atoms with Gasteiger partial charge in [0.1, 0.15) is 6.61 Å². The van der Waals surface area contributed by atoms with Gasteiger partial charge in [-0.2, -0.15) is 5.26 Å². The van der Waals surface area contributed by atoms with Crippen molar-refractivity contribution in [3.8, 4) is 6.26 Å². The molecule has 1 atom stereocenters. The fourth-order valence-corrected chi connectivity index (χ4v) is 2.07. The van der Waals surface area contributed by atoms with Crippen LogP contribution in [0.3, 0.4) is 0 Å². The van der Waals surface area contributed by atoms with E-state index in [0.29, 0.717) is 0 Å². The van der Waals surface area contributed by atoms with Crippen LogP contribution >= 0.6 is 0 Å². The molecule has 7 nitrogen and oxygen atoms in total. The van der Waals surface area contributed by atoms with Crippen molar-refractivity contribution in [1.29, 1.82) is 5.26 Å². The number of para-hydroxylation sites is 1. The maximum atomic E-state index is 11.9. The van der Waals surface area contributed by atoms with E-state index in [1.807, 2.05) is 24.3 Å². The molecule has 0 aliphatic carbocycles.